The van der Waals surface area contributed by atoms with E-state index in [9.17, 15) is 41.9 Å². The minimum Gasteiger partial charge on any atom is -0.743 e. The molecule has 2 saturated heterocycles. The number of carbonyl (C=O) groups excluding carboxylic acids is 2. The summed E-state index contributed by atoms with van der Waals surface area (Å²) in [5, 5.41) is 21.3. The third kappa shape index (κ3) is 19.0. The van der Waals surface area contributed by atoms with E-state index in [2.05, 4.69) is 105 Å². The number of hydrogen-bond acceptors (Lipinski definition) is 11. The number of alkyl halides is 2. The van der Waals surface area contributed by atoms with Gasteiger partial charge in [-0.05, 0) is 118 Å². The first-order valence-corrected chi connectivity index (χ1v) is 25.8. The number of esters is 2. The zero-order valence-corrected chi connectivity index (χ0v) is 40.5. The lowest BCUT2D eigenvalue weighted by atomic mass is 9.87. The predicted molar refractivity (Wildman–Crippen MR) is 242 cm³/mol. The summed E-state index contributed by atoms with van der Waals surface area (Å²) in [5.41, 5.74) is 0.376. The Bertz CT molecular complexity index is 1870. The highest BCUT2D eigenvalue weighted by molar-refractivity contribution is 7.97. The van der Waals surface area contributed by atoms with Gasteiger partial charge in [0, 0.05) is 34.6 Å². The van der Waals surface area contributed by atoms with Gasteiger partial charge >= 0.3 is 17.2 Å². The van der Waals surface area contributed by atoms with Crippen LogP contribution in [-0.2, 0) is 61.8 Å². The second-order valence-electron chi connectivity index (χ2n) is 18.0. The van der Waals surface area contributed by atoms with E-state index in [1.165, 1.54) is 86.5 Å². The van der Waals surface area contributed by atoms with Gasteiger partial charge in [0.15, 0.2) is 37.6 Å². The molecule has 0 bridgehead atoms. The average molecular weight is 922 g/mol. The Kier molecular flexibility index (Phi) is 21.5. The minimum absolute atomic E-state index is 0.0475. The molecule has 2 unspecified atom stereocenters. The van der Waals surface area contributed by atoms with Crippen LogP contribution in [-0.4, -0.2) is 77.5 Å². The molecule has 0 saturated carbocycles. The van der Waals surface area contributed by atoms with Crippen molar-refractivity contribution in [2.24, 2.45) is 10.2 Å². The summed E-state index contributed by atoms with van der Waals surface area (Å²) in [5.74, 6) is 3.87. The first-order chi connectivity index (χ1) is 28.8. The summed E-state index contributed by atoms with van der Waals surface area (Å²) in [6.07, 6.45) is 7.48. The van der Waals surface area contributed by atoms with Crippen molar-refractivity contribution in [2.45, 2.75) is 163 Å². The maximum Gasteiger partial charge on any atom is 0.367 e. The van der Waals surface area contributed by atoms with Crippen molar-refractivity contribution in [3.8, 4) is 12.1 Å². The maximum absolute atomic E-state index is 13.0. The number of ether oxygens (including phenoxy) is 2. The summed E-state index contributed by atoms with van der Waals surface area (Å²) in [6.45, 7) is 16.1. The molecule has 344 valence electrons. The average Bonchev–Trinajstić information content (AvgIpc) is 3.24. The number of halogens is 2. The molecule has 0 amide bonds. The number of nitrogens with zero attached hydrogens (tertiary/aromatic N) is 4. The van der Waals surface area contributed by atoms with E-state index in [4.69, 9.17) is 4.74 Å². The van der Waals surface area contributed by atoms with Crippen LogP contribution in [0.2, 0.25) is 0 Å². The zero-order chi connectivity index (χ0) is 46.8. The topological polar surface area (TPSA) is 182 Å². The fraction of sp³-hybridized carbons (Fsp3) is 0.652. The SMILES string of the molecule is CC(C)(C)c1ccc([S+]2CCCCC2)cc1.CC(C)(C)c1ccc([S+]2CCCCC2)cc1.CCOC(=O)CCC(C)(C#N)N=NC(C)(C#N)CCC(=O)OCC(F)(F)S(=O)(=O)[O-]. The highest BCUT2D eigenvalue weighted by Crippen LogP contribution is 2.29. The molecular formula is C46H67F2N4O7S3+. The fourth-order valence-electron chi connectivity index (χ4n) is 6.14. The Labute approximate surface area is 375 Å². The largest absolute Gasteiger partial charge is 0.743 e. The van der Waals surface area contributed by atoms with E-state index in [0.29, 0.717) is 21.8 Å². The molecule has 0 aromatic heterocycles. The fourth-order valence-corrected chi connectivity index (χ4v) is 10.9. The van der Waals surface area contributed by atoms with Gasteiger partial charge in [0.25, 0.3) is 0 Å². The van der Waals surface area contributed by atoms with Crippen molar-refractivity contribution in [3.05, 3.63) is 59.7 Å². The molecule has 2 fully saturated rings. The summed E-state index contributed by atoms with van der Waals surface area (Å²) in [7, 11) is -4.89. The van der Waals surface area contributed by atoms with Gasteiger partial charge in [0.2, 0.25) is 0 Å². The van der Waals surface area contributed by atoms with E-state index in [-0.39, 0.29) is 36.7 Å². The van der Waals surface area contributed by atoms with Crippen molar-refractivity contribution in [3.63, 3.8) is 0 Å². The molecule has 2 heterocycles. The normalized spacial score (nSPS) is 17.4. The molecule has 2 aliphatic rings. The van der Waals surface area contributed by atoms with Gasteiger partial charge in [-0.1, -0.05) is 65.8 Å². The summed E-state index contributed by atoms with van der Waals surface area (Å²) in [6, 6.07) is 22.4. The Hall–Kier alpha value is -3.57. The first kappa shape index (κ1) is 54.6. The molecule has 0 N–H and O–H groups in total. The molecule has 16 heteroatoms. The first-order valence-electron chi connectivity index (χ1n) is 21.3. The lowest BCUT2D eigenvalue weighted by molar-refractivity contribution is -0.150. The van der Waals surface area contributed by atoms with E-state index in [1.54, 1.807) is 22.8 Å². The minimum atomic E-state index is -6.00. The summed E-state index contributed by atoms with van der Waals surface area (Å²) >= 11 is 0. The quantitative estimate of drug-likeness (QED) is 0.0771. The molecule has 0 aliphatic carbocycles. The number of carbonyl (C=O) groups is 2. The lowest BCUT2D eigenvalue weighted by Gasteiger charge is -2.20. The highest BCUT2D eigenvalue weighted by Gasteiger charge is 2.39. The van der Waals surface area contributed by atoms with Gasteiger partial charge in [-0.15, -0.1) is 0 Å². The number of hydrogen-bond donors (Lipinski definition) is 0. The van der Waals surface area contributed by atoms with Crippen molar-refractivity contribution in [2.75, 3.05) is 36.2 Å². The van der Waals surface area contributed by atoms with Gasteiger partial charge in [0.05, 0.1) is 18.7 Å². The number of azo groups is 1. The summed E-state index contributed by atoms with van der Waals surface area (Å²) < 4.78 is 65.8. The van der Waals surface area contributed by atoms with Crippen LogP contribution in [0.4, 0.5) is 8.78 Å². The van der Waals surface area contributed by atoms with Crippen LogP contribution >= 0.6 is 0 Å². The van der Waals surface area contributed by atoms with Crippen LogP contribution in [0.15, 0.2) is 68.6 Å². The monoisotopic (exact) mass is 921 g/mol. The lowest BCUT2D eigenvalue weighted by Crippen LogP contribution is -2.35. The number of benzene rings is 2. The Morgan fingerprint density at radius 3 is 1.29 bits per heavy atom. The highest BCUT2D eigenvalue weighted by atomic mass is 32.2. The van der Waals surface area contributed by atoms with E-state index in [1.807, 2.05) is 6.07 Å². The molecule has 0 radical (unpaired) electrons. The predicted octanol–water partition coefficient (Wildman–Crippen LogP) is 10.1. The van der Waals surface area contributed by atoms with Crippen LogP contribution < -0.4 is 0 Å². The molecule has 2 aromatic rings. The van der Waals surface area contributed by atoms with E-state index >= 15 is 0 Å². The van der Waals surface area contributed by atoms with Gasteiger partial charge in [0.1, 0.15) is 23.0 Å². The second-order valence-corrected chi connectivity index (χ2v) is 24.1. The van der Waals surface area contributed by atoms with E-state index < -0.39 is 51.4 Å². The third-order valence-electron chi connectivity index (χ3n) is 10.3. The molecule has 2 aromatic carbocycles. The van der Waals surface area contributed by atoms with Gasteiger partial charge in [-0.25, -0.2) is 8.42 Å². The van der Waals surface area contributed by atoms with Crippen LogP contribution in [0.25, 0.3) is 0 Å². The van der Waals surface area contributed by atoms with Crippen LogP contribution in [0.5, 0.6) is 0 Å². The molecule has 4 rings (SSSR count). The Morgan fingerprint density at radius 2 is 1.00 bits per heavy atom. The molecule has 2 aliphatic heterocycles. The van der Waals surface area contributed by atoms with Gasteiger partial charge in [-0.3, -0.25) is 9.59 Å². The molecule has 11 nitrogen and oxygen atoms in total. The van der Waals surface area contributed by atoms with Crippen molar-refractivity contribution >= 4 is 43.8 Å². The molecule has 2 atom stereocenters. The second kappa shape index (κ2) is 24.5. The molecule has 62 heavy (non-hydrogen) atoms. The van der Waals surface area contributed by atoms with Crippen LogP contribution in [0.3, 0.4) is 0 Å². The van der Waals surface area contributed by atoms with Crippen molar-refractivity contribution in [1.82, 2.24) is 0 Å². The molecule has 0 spiro atoms. The number of nitriles is 2. The molecular weight excluding hydrogens is 855 g/mol. The van der Waals surface area contributed by atoms with Gasteiger partial charge < -0.3 is 14.0 Å². The van der Waals surface area contributed by atoms with Crippen molar-refractivity contribution in [1.29, 1.82) is 10.5 Å². The number of rotatable bonds is 14. The Balaban J connectivity index is 0.000000346. The van der Waals surface area contributed by atoms with E-state index in [0.717, 1.165) is 0 Å². The maximum atomic E-state index is 13.0. The summed E-state index contributed by atoms with van der Waals surface area (Å²) in [4.78, 5) is 26.1. The zero-order valence-electron chi connectivity index (χ0n) is 38.1. The van der Waals surface area contributed by atoms with Crippen LogP contribution in [0, 0.1) is 22.7 Å². The van der Waals surface area contributed by atoms with Crippen molar-refractivity contribution < 1.29 is 40.8 Å². The standard InChI is InChI=1S/C16H22F2N4O7S.2C15H23S/c1-4-28-12(23)5-7-14(2,9-19)21-22-15(3,10-20)8-6-13(24)29-11-16(17,18)30(25,26)27;2*1-15(2,3)13-7-9-14(10-8-13)16-11-5-4-6-12-16/h4-8,11H2,1-3H3,(H,25,26,27);2*7-10H,4-6,11-12H2,1-3H3/q;2*+1/p-1. The van der Waals surface area contributed by atoms with Crippen LogP contribution in [0.1, 0.15) is 138 Å². The third-order valence-corrected chi connectivity index (χ3v) is 16.2. The Morgan fingerprint density at radius 1 is 0.661 bits per heavy atom. The van der Waals surface area contributed by atoms with Gasteiger partial charge in [-0.2, -0.15) is 29.5 Å². The smallest absolute Gasteiger partial charge is 0.367 e.